The maximum atomic E-state index is 12.9. The Balaban J connectivity index is 1.88. The molecule has 3 rings (SSSR count). The van der Waals surface area contributed by atoms with Crippen LogP contribution >= 0.6 is 0 Å². The number of carbonyl (C=O) groups is 2. The monoisotopic (exact) mass is 461 g/mol. The Kier molecular flexibility index (Phi) is 7.55. The van der Waals surface area contributed by atoms with Gasteiger partial charge in [-0.15, -0.1) is 0 Å². The number of carbonyl (C=O) groups excluding carboxylic acids is 1. The molecule has 0 spiro atoms. The van der Waals surface area contributed by atoms with Crippen LogP contribution in [0, 0.1) is 0 Å². The lowest BCUT2D eigenvalue weighted by Gasteiger charge is -2.18. The van der Waals surface area contributed by atoms with Crippen LogP contribution in [0.4, 0.5) is 13.2 Å². The summed E-state index contributed by atoms with van der Waals surface area (Å²) in [5.41, 5.74) is -0.178. The summed E-state index contributed by atoms with van der Waals surface area (Å²) in [5, 5.41) is 13.3. The van der Waals surface area contributed by atoms with E-state index in [9.17, 15) is 27.9 Å². The second kappa shape index (κ2) is 10.4. The van der Waals surface area contributed by atoms with Crippen LogP contribution in [0.25, 0.3) is 10.8 Å². The summed E-state index contributed by atoms with van der Waals surface area (Å²) in [7, 11) is 1.43. The molecule has 9 heteroatoms. The number of hydrogen-bond donors (Lipinski definition) is 2. The predicted octanol–water partition coefficient (Wildman–Crippen LogP) is 4.66. The maximum Gasteiger partial charge on any atom is 0.416 e. The zero-order chi connectivity index (χ0) is 24.0. The van der Waals surface area contributed by atoms with Crippen molar-refractivity contribution in [3.8, 4) is 5.75 Å². The summed E-state index contributed by atoms with van der Waals surface area (Å²) in [5.74, 6) is -1.64. The van der Waals surface area contributed by atoms with E-state index in [0.29, 0.717) is 10.9 Å². The molecule has 1 amide bonds. The van der Waals surface area contributed by atoms with E-state index >= 15 is 0 Å². The van der Waals surface area contributed by atoms with E-state index in [4.69, 9.17) is 9.47 Å². The lowest BCUT2D eigenvalue weighted by molar-refractivity contribution is -0.140. The number of halogens is 3. The van der Waals surface area contributed by atoms with Crippen molar-refractivity contribution in [3.63, 3.8) is 0 Å². The molecular formula is C24H22F3NO5. The Hall–Kier alpha value is -3.59. The SMILES string of the molecule is COCC[C@H](NC(=O)c1ccc2ccccc2c1OCc1ccc(C(F)(F)F)cc1)C(=O)O. The summed E-state index contributed by atoms with van der Waals surface area (Å²) < 4.78 is 49.2. The molecule has 0 aliphatic heterocycles. The van der Waals surface area contributed by atoms with Gasteiger partial charge < -0.3 is 19.9 Å². The summed E-state index contributed by atoms with van der Waals surface area (Å²) in [4.78, 5) is 24.4. The fourth-order valence-corrected chi connectivity index (χ4v) is 3.25. The van der Waals surface area contributed by atoms with Crippen molar-refractivity contribution in [1.29, 1.82) is 0 Å². The molecule has 174 valence electrons. The minimum absolute atomic E-state index is 0.0763. The first-order valence-electron chi connectivity index (χ1n) is 10.0. The van der Waals surface area contributed by atoms with E-state index in [0.717, 1.165) is 17.5 Å². The highest BCUT2D eigenvalue weighted by atomic mass is 19.4. The Morgan fingerprint density at radius 2 is 1.73 bits per heavy atom. The Morgan fingerprint density at radius 1 is 1.03 bits per heavy atom. The number of alkyl halides is 3. The molecular weight excluding hydrogens is 439 g/mol. The first kappa shape index (κ1) is 24.1. The molecule has 33 heavy (non-hydrogen) atoms. The van der Waals surface area contributed by atoms with Crippen molar-refractivity contribution in [1.82, 2.24) is 5.32 Å². The Bertz CT molecular complexity index is 1130. The van der Waals surface area contributed by atoms with Gasteiger partial charge >= 0.3 is 12.1 Å². The number of methoxy groups -OCH3 is 1. The van der Waals surface area contributed by atoms with Gasteiger partial charge in [0.15, 0.2) is 0 Å². The van der Waals surface area contributed by atoms with Gasteiger partial charge in [0, 0.05) is 25.5 Å². The third-order valence-corrected chi connectivity index (χ3v) is 5.00. The Labute approximate surface area is 187 Å². The number of nitrogens with one attached hydrogen (secondary N) is 1. The fourth-order valence-electron chi connectivity index (χ4n) is 3.25. The van der Waals surface area contributed by atoms with Crippen molar-refractivity contribution in [2.24, 2.45) is 0 Å². The average Bonchev–Trinajstić information content (AvgIpc) is 2.79. The minimum Gasteiger partial charge on any atom is -0.487 e. The standard InChI is InChI=1S/C24H22F3NO5/c1-32-13-12-20(23(30)31)28-22(29)19-11-8-16-4-2-3-5-18(16)21(19)33-14-15-6-9-17(10-7-15)24(25,26)27/h2-11,20H,12-14H2,1H3,(H,28,29)(H,30,31)/t20-/m0/s1. The number of rotatable bonds is 9. The average molecular weight is 461 g/mol. The summed E-state index contributed by atoms with van der Waals surface area (Å²) in [6.45, 7) is 0.0602. The molecule has 0 aliphatic rings. The third kappa shape index (κ3) is 6.01. The summed E-state index contributed by atoms with van der Waals surface area (Å²) in [6, 6.07) is 13.7. The molecule has 2 N–H and O–H groups in total. The molecule has 3 aromatic carbocycles. The van der Waals surface area contributed by atoms with Gasteiger partial charge in [-0.2, -0.15) is 13.2 Å². The molecule has 0 saturated carbocycles. The second-order valence-electron chi connectivity index (χ2n) is 7.29. The van der Waals surface area contributed by atoms with Crippen LogP contribution in [0.5, 0.6) is 5.75 Å². The van der Waals surface area contributed by atoms with E-state index in [1.165, 1.54) is 25.3 Å². The number of hydrogen-bond acceptors (Lipinski definition) is 4. The van der Waals surface area contributed by atoms with E-state index in [1.54, 1.807) is 18.2 Å². The number of benzene rings is 3. The second-order valence-corrected chi connectivity index (χ2v) is 7.29. The molecule has 3 aromatic rings. The molecule has 0 aromatic heterocycles. The van der Waals surface area contributed by atoms with Crippen LogP contribution in [0.2, 0.25) is 0 Å². The number of carboxylic acids is 1. The first-order valence-corrected chi connectivity index (χ1v) is 10.0. The molecule has 1 atom stereocenters. The lowest BCUT2D eigenvalue weighted by Crippen LogP contribution is -2.41. The van der Waals surface area contributed by atoms with Gasteiger partial charge in [0.25, 0.3) is 5.91 Å². The first-order chi connectivity index (χ1) is 15.7. The highest BCUT2D eigenvalue weighted by molar-refractivity contribution is 6.04. The van der Waals surface area contributed by atoms with Gasteiger partial charge in [0.2, 0.25) is 0 Å². The number of amides is 1. The minimum atomic E-state index is -4.44. The van der Waals surface area contributed by atoms with Gasteiger partial charge in [0.05, 0.1) is 11.1 Å². The predicted molar refractivity (Wildman–Crippen MR) is 115 cm³/mol. The van der Waals surface area contributed by atoms with Crippen molar-refractivity contribution >= 4 is 22.6 Å². The topological polar surface area (TPSA) is 84.9 Å². The summed E-state index contributed by atoms with van der Waals surface area (Å²) in [6.07, 6.45) is -4.36. The molecule has 0 aliphatic carbocycles. The third-order valence-electron chi connectivity index (χ3n) is 5.00. The van der Waals surface area contributed by atoms with Gasteiger partial charge in [-0.1, -0.05) is 42.5 Å². The smallest absolute Gasteiger partial charge is 0.416 e. The van der Waals surface area contributed by atoms with Crippen molar-refractivity contribution in [2.45, 2.75) is 25.2 Å². The van der Waals surface area contributed by atoms with Crippen molar-refractivity contribution < 1.29 is 37.3 Å². The largest absolute Gasteiger partial charge is 0.487 e. The zero-order valence-electron chi connectivity index (χ0n) is 17.7. The van der Waals surface area contributed by atoms with Crippen molar-refractivity contribution in [2.75, 3.05) is 13.7 Å². The molecule has 0 unspecified atom stereocenters. The van der Waals surface area contributed by atoms with E-state index in [2.05, 4.69) is 5.32 Å². The molecule has 0 fully saturated rings. The highest BCUT2D eigenvalue weighted by Crippen LogP contribution is 2.32. The van der Waals surface area contributed by atoms with Crippen LogP contribution in [-0.4, -0.2) is 36.7 Å². The van der Waals surface area contributed by atoms with Crippen LogP contribution in [0.1, 0.15) is 27.9 Å². The highest BCUT2D eigenvalue weighted by Gasteiger charge is 2.30. The van der Waals surface area contributed by atoms with Crippen molar-refractivity contribution in [3.05, 3.63) is 77.4 Å². The van der Waals surface area contributed by atoms with Gasteiger partial charge in [-0.05, 0) is 29.1 Å². The number of ether oxygens (including phenoxy) is 2. The van der Waals surface area contributed by atoms with Gasteiger partial charge in [-0.25, -0.2) is 4.79 Å². The van der Waals surface area contributed by atoms with Gasteiger partial charge in [-0.3, -0.25) is 4.79 Å². The molecule has 0 saturated heterocycles. The fraction of sp³-hybridized carbons (Fsp3) is 0.250. The number of aliphatic carboxylic acids is 1. The molecule has 0 radical (unpaired) electrons. The molecule has 0 heterocycles. The number of fused-ring (bicyclic) bond motifs is 1. The zero-order valence-corrected chi connectivity index (χ0v) is 17.7. The molecule has 0 bridgehead atoms. The maximum absolute atomic E-state index is 12.9. The Morgan fingerprint density at radius 3 is 2.36 bits per heavy atom. The summed E-state index contributed by atoms with van der Waals surface area (Å²) >= 11 is 0. The van der Waals surface area contributed by atoms with Gasteiger partial charge in [0.1, 0.15) is 18.4 Å². The van der Waals surface area contributed by atoms with Crippen LogP contribution in [-0.2, 0) is 22.3 Å². The molecule has 6 nitrogen and oxygen atoms in total. The van der Waals surface area contributed by atoms with Crippen LogP contribution in [0.3, 0.4) is 0 Å². The normalized spacial score (nSPS) is 12.4. The van der Waals surface area contributed by atoms with Crippen LogP contribution in [0.15, 0.2) is 60.7 Å². The van der Waals surface area contributed by atoms with Crippen LogP contribution < -0.4 is 10.1 Å². The lowest BCUT2D eigenvalue weighted by atomic mass is 10.0. The number of carboxylic acid groups (broad SMARTS) is 1. The quantitative estimate of drug-likeness (QED) is 0.484. The van der Waals surface area contributed by atoms with E-state index in [1.807, 2.05) is 12.1 Å². The van der Waals surface area contributed by atoms with E-state index < -0.39 is 29.7 Å². The van der Waals surface area contributed by atoms with E-state index in [-0.39, 0.29) is 30.9 Å².